The molecule has 1 N–H and O–H groups in total. The first-order valence-corrected chi connectivity index (χ1v) is 13.0. The number of rotatable bonds is 21. The zero-order valence-electron chi connectivity index (χ0n) is 18.7. The molecule has 4 nitrogen and oxygen atoms in total. The average molecular weight is 426 g/mol. The zero-order valence-corrected chi connectivity index (χ0v) is 20.5. The summed E-state index contributed by atoms with van der Waals surface area (Å²) in [5.74, 6) is 0. The fourth-order valence-corrected chi connectivity index (χ4v) is 5.10. The van der Waals surface area contributed by atoms with E-state index in [4.69, 9.17) is 13.3 Å². The van der Waals surface area contributed by atoms with Crippen molar-refractivity contribution in [1.29, 1.82) is 0 Å². The minimum atomic E-state index is -2.37. The monoisotopic (exact) mass is 425 g/mol. The van der Waals surface area contributed by atoms with Gasteiger partial charge in [-0.3, -0.25) is 0 Å². The van der Waals surface area contributed by atoms with Gasteiger partial charge in [0.1, 0.15) is 0 Å². The van der Waals surface area contributed by atoms with Crippen molar-refractivity contribution in [2.24, 2.45) is 0 Å². The summed E-state index contributed by atoms with van der Waals surface area (Å²) in [5, 5.41) is 3.53. The molecular weight excluding hydrogens is 378 g/mol. The minimum absolute atomic E-state index is 0. The molecule has 0 aliphatic rings. The molecule has 0 fully saturated rings. The standard InChI is InChI=1S/C21H47NO3Si.ClH/c1-5-6-7-8-9-10-11-12-13-14-15-16-17-19-22-20-18-21-26(23-2,24-3)25-4;/h22H,5-21H2,1-4H3;1H. The lowest BCUT2D eigenvalue weighted by atomic mass is 10.0. The van der Waals surface area contributed by atoms with E-state index in [1.807, 2.05) is 0 Å². The van der Waals surface area contributed by atoms with Crippen molar-refractivity contribution in [3.63, 3.8) is 0 Å². The highest BCUT2D eigenvalue weighted by Crippen LogP contribution is 2.14. The smallest absolute Gasteiger partial charge is 0.377 e. The molecule has 27 heavy (non-hydrogen) atoms. The summed E-state index contributed by atoms with van der Waals surface area (Å²) in [6, 6.07) is 0.877. The molecule has 0 heterocycles. The normalized spacial score (nSPS) is 11.6. The summed E-state index contributed by atoms with van der Waals surface area (Å²) in [4.78, 5) is 0. The van der Waals surface area contributed by atoms with Gasteiger partial charge in [0.25, 0.3) is 0 Å². The van der Waals surface area contributed by atoms with Crippen molar-refractivity contribution in [1.82, 2.24) is 5.32 Å². The van der Waals surface area contributed by atoms with Crippen LogP contribution in [-0.4, -0.2) is 43.2 Å². The predicted octanol–water partition coefficient (Wildman–Crippen LogP) is 6.36. The highest BCUT2D eigenvalue weighted by Gasteiger charge is 2.36. The lowest BCUT2D eigenvalue weighted by molar-refractivity contribution is 0.123. The Labute approximate surface area is 177 Å². The Morgan fingerprint density at radius 2 is 0.926 bits per heavy atom. The molecule has 0 aliphatic carbocycles. The largest absolute Gasteiger partial charge is 0.500 e. The first-order chi connectivity index (χ1) is 12.7. The van der Waals surface area contributed by atoms with Crippen LogP contribution in [0, 0.1) is 0 Å². The minimum Gasteiger partial charge on any atom is -0.377 e. The van der Waals surface area contributed by atoms with Gasteiger partial charge in [0.2, 0.25) is 0 Å². The predicted molar refractivity (Wildman–Crippen MR) is 122 cm³/mol. The summed E-state index contributed by atoms with van der Waals surface area (Å²) < 4.78 is 16.3. The Morgan fingerprint density at radius 1 is 0.556 bits per heavy atom. The third-order valence-corrected chi connectivity index (χ3v) is 8.06. The van der Waals surface area contributed by atoms with E-state index < -0.39 is 8.80 Å². The Morgan fingerprint density at radius 3 is 1.33 bits per heavy atom. The van der Waals surface area contributed by atoms with Gasteiger partial charge in [-0.15, -0.1) is 12.4 Å². The van der Waals surface area contributed by atoms with Crippen LogP contribution < -0.4 is 5.32 Å². The van der Waals surface area contributed by atoms with E-state index in [1.54, 1.807) is 21.3 Å². The molecule has 0 bridgehead atoms. The zero-order chi connectivity index (χ0) is 19.3. The molecule has 0 radical (unpaired) electrons. The summed E-state index contributed by atoms with van der Waals surface area (Å²) >= 11 is 0. The Balaban J connectivity index is 0. The van der Waals surface area contributed by atoms with Gasteiger partial charge in [0.05, 0.1) is 0 Å². The van der Waals surface area contributed by atoms with Crippen LogP contribution in [0.25, 0.3) is 0 Å². The quantitative estimate of drug-likeness (QED) is 0.171. The molecule has 0 saturated heterocycles. The maximum Gasteiger partial charge on any atom is 0.500 e. The summed E-state index contributed by atoms with van der Waals surface area (Å²) in [5.41, 5.74) is 0. The van der Waals surface area contributed by atoms with Crippen molar-refractivity contribution < 1.29 is 13.3 Å². The maximum absolute atomic E-state index is 5.43. The van der Waals surface area contributed by atoms with Crippen molar-refractivity contribution in [3.05, 3.63) is 0 Å². The molecule has 0 saturated carbocycles. The molecule has 0 aromatic carbocycles. The van der Waals surface area contributed by atoms with Crippen LogP contribution >= 0.6 is 12.4 Å². The Hall–Kier alpha value is 0.347. The third kappa shape index (κ3) is 18.1. The first-order valence-electron chi connectivity index (χ1n) is 11.1. The van der Waals surface area contributed by atoms with Crippen LogP contribution in [0.3, 0.4) is 0 Å². The fourth-order valence-electron chi connectivity index (χ4n) is 3.38. The van der Waals surface area contributed by atoms with Gasteiger partial charge in [-0.1, -0.05) is 84.0 Å². The highest BCUT2D eigenvalue weighted by molar-refractivity contribution is 6.60. The van der Waals surface area contributed by atoms with E-state index in [9.17, 15) is 0 Å². The van der Waals surface area contributed by atoms with Crippen molar-refractivity contribution in [2.75, 3.05) is 34.4 Å². The van der Waals surface area contributed by atoms with Crippen molar-refractivity contribution in [3.8, 4) is 0 Å². The van der Waals surface area contributed by atoms with Crippen LogP contribution in [0.1, 0.15) is 96.8 Å². The summed E-state index contributed by atoms with van der Waals surface area (Å²) in [6.45, 7) is 4.43. The van der Waals surface area contributed by atoms with E-state index in [1.165, 1.54) is 83.5 Å². The van der Waals surface area contributed by atoms with Gasteiger partial charge in [-0.25, -0.2) is 0 Å². The van der Waals surface area contributed by atoms with E-state index in [-0.39, 0.29) is 12.4 Å². The number of nitrogens with one attached hydrogen (secondary N) is 1. The van der Waals surface area contributed by atoms with E-state index in [2.05, 4.69) is 12.2 Å². The number of hydrogen-bond acceptors (Lipinski definition) is 4. The second-order valence-electron chi connectivity index (χ2n) is 7.39. The summed E-state index contributed by atoms with van der Waals surface area (Å²) in [7, 11) is 2.68. The molecule has 0 unspecified atom stereocenters. The molecule has 0 aromatic heterocycles. The molecule has 166 valence electrons. The van der Waals surface area contributed by atoms with E-state index >= 15 is 0 Å². The lowest BCUT2D eigenvalue weighted by Crippen LogP contribution is -2.43. The third-order valence-electron chi connectivity index (χ3n) is 5.23. The molecule has 6 heteroatoms. The second kappa shape index (κ2) is 22.6. The van der Waals surface area contributed by atoms with Crippen molar-refractivity contribution >= 4 is 21.2 Å². The van der Waals surface area contributed by atoms with Crippen LogP contribution in [0.15, 0.2) is 0 Å². The SMILES string of the molecule is CCCCCCCCCCCCCCCNCCC[Si](OC)(OC)OC.Cl. The topological polar surface area (TPSA) is 39.7 Å². The van der Waals surface area contributed by atoms with Gasteiger partial charge in [0, 0.05) is 27.4 Å². The van der Waals surface area contributed by atoms with Crippen LogP contribution in [0.5, 0.6) is 0 Å². The van der Waals surface area contributed by atoms with Gasteiger partial charge < -0.3 is 18.6 Å². The molecule has 0 spiro atoms. The van der Waals surface area contributed by atoms with E-state index in [0.717, 1.165) is 25.6 Å². The van der Waals surface area contributed by atoms with Gasteiger partial charge in [0.15, 0.2) is 0 Å². The van der Waals surface area contributed by atoms with Crippen LogP contribution in [0.2, 0.25) is 6.04 Å². The van der Waals surface area contributed by atoms with Gasteiger partial charge in [-0.2, -0.15) is 0 Å². The number of halogens is 1. The highest BCUT2D eigenvalue weighted by atomic mass is 35.5. The van der Waals surface area contributed by atoms with Gasteiger partial charge >= 0.3 is 8.80 Å². The second-order valence-corrected chi connectivity index (χ2v) is 10.5. The van der Waals surface area contributed by atoms with E-state index in [0.29, 0.717) is 0 Å². The maximum atomic E-state index is 5.43. The van der Waals surface area contributed by atoms with Crippen LogP contribution in [0.4, 0.5) is 0 Å². The molecule has 0 aliphatic heterocycles. The number of unbranched alkanes of at least 4 members (excludes halogenated alkanes) is 12. The number of hydrogen-bond donors (Lipinski definition) is 1. The molecule has 0 amide bonds. The van der Waals surface area contributed by atoms with Crippen molar-refractivity contribution in [2.45, 2.75) is 103 Å². The summed E-state index contributed by atoms with van der Waals surface area (Å²) in [6.07, 6.45) is 19.4. The lowest BCUT2D eigenvalue weighted by Gasteiger charge is -2.24. The Bertz CT molecular complexity index is 274. The van der Waals surface area contributed by atoms with Gasteiger partial charge in [-0.05, 0) is 25.9 Å². The fraction of sp³-hybridized carbons (Fsp3) is 1.00. The molecule has 0 aromatic rings. The molecule has 0 rings (SSSR count). The molecule has 0 atom stereocenters. The molecular formula is C21H48ClNO3Si. The first kappa shape index (κ1) is 29.5. The van der Waals surface area contributed by atoms with Crippen LogP contribution in [-0.2, 0) is 13.3 Å². The average Bonchev–Trinajstić information content (AvgIpc) is 2.68. The Kier molecular flexibility index (Phi) is 24.8.